The summed E-state index contributed by atoms with van der Waals surface area (Å²) < 4.78 is 15.2. The Bertz CT molecular complexity index is 1160. The SMILES string of the molecule is CCNC(=O)c1cccc(-n2nc3c4cccc(F)c4[nH]cc-3c2=O)c1. The maximum absolute atomic E-state index is 14.0. The summed E-state index contributed by atoms with van der Waals surface area (Å²) in [7, 11) is 0. The minimum atomic E-state index is -0.412. The van der Waals surface area contributed by atoms with Crippen molar-refractivity contribution in [1.29, 1.82) is 0 Å². The molecule has 0 saturated carbocycles. The van der Waals surface area contributed by atoms with Gasteiger partial charge < -0.3 is 10.3 Å². The molecule has 0 aromatic heterocycles. The molecule has 0 atom stereocenters. The van der Waals surface area contributed by atoms with E-state index in [1.807, 2.05) is 6.92 Å². The number of aromatic amines is 1. The first kappa shape index (κ1) is 16.0. The second kappa shape index (κ2) is 6.11. The molecule has 7 heteroatoms. The summed E-state index contributed by atoms with van der Waals surface area (Å²) in [5, 5.41) is 7.63. The Hall–Kier alpha value is -3.48. The second-order valence-electron chi connectivity index (χ2n) is 5.84. The van der Waals surface area contributed by atoms with Crippen molar-refractivity contribution in [3.63, 3.8) is 0 Å². The number of halogens is 1. The van der Waals surface area contributed by atoms with Crippen LogP contribution in [0.3, 0.4) is 0 Å². The lowest BCUT2D eigenvalue weighted by molar-refractivity contribution is 0.0956. The number of aromatic nitrogens is 3. The van der Waals surface area contributed by atoms with Gasteiger partial charge in [-0.15, -0.1) is 0 Å². The average molecular weight is 350 g/mol. The molecule has 2 aromatic carbocycles. The fourth-order valence-electron chi connectivity index (χ4n) is 2.97. The van der Waals surface area contributed by atoms with Crippen molar-refractivity contribution >= 4 is 16.8 Å². The number of pyridine rings is 1. The van der Waals surface area contributed by atoms with Crippen molar-refractivity contribution in [2.75, 3.05) is 6.54 Å². The van der Waals surface area contributed by atoms with Crippen LogP contribution in [-0.2, 0) is 0 Å². The first-order valence-electron chi connectivity index (χ1n) is 8.17. The van der Waals surface area contributed by atoms with E-state index in [0.29, 0.717) is 40.0 Å². The van der Waals surface area contributed by atoms with E-state index in [4.69, 9.17) is 0 Å². The van der Waals surface area contributed by atoms with Crippen molar-refractivity contribution in [2.24, 2.45) is 0 Å². The zero-order valence-electron chi connectivity index (χ0n) is 13.9. The Balaban J connectivity index is 1.92. The number of para-hydroxylation sites is 1. The highest BCUT2D eigenvalue weighted by Crippen LogP contribution is 2.27. The van der Waals surface area contributed by atoms with Crippen molar-refractivity contribution < 1.29 is 9.18 Å². The van der Waals surface area contributed by atoms with E-state index in [1.165, 1.54) is 16.9 Å². The van der Waals surface area contributed by atoms with E-state index in [-0.39, 0.29) is 11.5 Å². The molecule has 0 aliphatic carbocycles. The molecule has 130 valence electrons. The maximum atomic E-state index is 14.0. The lowest BCUT2D eigenvalue weighted by Gasteiger charge is -2.05. The molecule has 0 fully saturated rings. The van der Waals surface area contributed by atoms with E-state index in [0.717, 1.165) is 0 Å². The molecule has 2 aliphatic heterocycles. The molecule has 2 heterocycles. The summed E-state index contributed by atoms with van der Waals surface area (Å²) in [5.41, 5.74) is 1.62. The Morgan fingerprint density at radius 3 is 2.88 bits per heavy atom. The molecule has 0 unspecified atom stereocenters. The number of hydrogen-bond donors (Lipinski definition) is 2. The Labute approximate surface area is 147 Å². The maximum Gasteiger partial charge on any atom is 0.282 e. The third-order valence-corrected chi connectivity index (χ3v) is 4.20. The molecule has 4 rings (SSSR count). The topological polar surface area (TPSA) is 79.8 Å². The number of fused-ring (bicyclic) bond motifs is 3. The standard InChI is InChI=1S/C19H15FN4O2/c1-2-21-18(25)11-5-3-6-12(9-11)24-19(26)14-10-22-17-13(16(14)23-24)7-4-8-15(17)20/h3-10,22H,2H2,1H3,(H,21,25). The molecule has 0 radical (unpaired) electrons. The van der Waals surface area contributed by atoms with Gasteiger partial charge in [0, 0.05) is 23.7 Å². The predicted octanol–water partition coefficient (Wildman–Crippen LogP) is 2.71. The Kier molecular flexibility index (Phi) is 3.76. The number of nitrogens with zero attached hydrogens (tertiary/aromatic N) is 2. The van der Waals surface area contributed by atoms with Gasteiger partial charge in [0.2, 0.25) is 0 Å². The summed E-state index contributed by atoms with van der Waals surface area (Å²) in [6.07, 6.45) is 1.46. The van der Waals surface area contributed by atoms with Crippen LogP contribution in [0.2, 0.25) is 0 Å². The Morgan fingerprint density at radius 1 is 1.27 bits per heavy atom. The fourth-order valence-corrected chi connectivity index (χ4v) is 2.97. The monoisotopic (exact) mass is 350 g/mol. The lowest BCUT2D eigenvalue weighted by Crippen LogP contribution is -2.23. The minimum absolute atomic E-state index is 0.223. The zero-order chi connectivity index (χ0) is 18.3. The van der Waals surface area contributed by atoms with Gasteiger partial charge in [0.05, 0.1) is 16.8 Å². The quantitative estimate of drug-likeness (QED) is 0.596. The molecule has 6 nitrogen and oxygen atoms in total. The normalized spacial score (nSPS) is 11.2. The lowest BCUT2D eigenvalue weighted by atomic mass is 10.1. The number of amides is 1. The van der Waals surface area contributed by atoms with Gasteiger partial charge in [-0.1, -0.05) is 18.2 Å². The third-order valence-electron chi connectivity index (χ3n) is 4.20. The van der Waals surface area contributed by atoms with Gasteiger partial charge in [-0.05, 0) is 31.2 Å². The fraction of sp³-hybridized carbons (Fsp3) is 0.105. The number of H-pyrrole nitrogens is 1. The summed E-state index contributed by atoms with van der Waals surface area (Å²) >= 11 is 0. The molecule has 2 aromatic rings. The number of nitrogens with one attached hydrogen (secondary N) is 2. The van der Waals surface area contributed by atoms with E-state index in [2.05, 4.69) is 15.4 Å². The number of benzene rings is 2. The highest BCUT2D eigenvalue weighted by atomic mass is 19.1. The van der Waals surface area contributed by atoms with E-state index < -0.39 is 5.82 Å². The van der Waals surface area contributed by atoms with Gasteiger partial charge in [0.25, 0.3) is 11.5 Å². The van der Waals surface area contributed by atoms with Crippen molar-refractivity contribution in [3.8, 4) is 16.9 Å². The van der Waals surface area contributed by atoms with Crippen LogP contribution in [0.1, 0.15) is 17.3 Å². The molecular weight excluding hydrogens is 335 g/mol. The average Bonchev–Trinajstić information content (AvgIpc) is 3.00. The van der Waals surface area contributed by atoms with E-state index in [1.54, 1.807) is 36.4 Å². The van der Waals surface area contributed by atoms with Gasteiger partial charge in [0.15, 0.2) is 0 Å². The van der Waals surface area contributed by atoms with Crippen LogP contribution >= 0.6 is 0 Å². The Morgan fingerprint density at radius 2 is 2.08 bits per heavy atom. The molecule has 1 amide bonds. The second-order valence-corrected chi connectivity index (χ2v) is 5.84. The number of carbonyl (C=O) groups is 1. The highest BCUT2D eigenvalue weighted by Gasteiger charge is 2.20. The molecule has 0 bridgehead atoms. The van der Waals surface area contributed by atoms with Crippen LogP contribution in [0.5, 0.6) is 0 Å². The first-order chi connectivity index (χ1) is 12.6. The molecule has 2 aliphatic rings. The molecule has 2 N–H and O–H groups in total. The smallest absolute Gasteiger partial charge is 0.282 e. The summed E-state index contributed by atoms with van der Waals surface area (Å²) in [6.45, 7) is 2.34. The van der Waals surface area contributed by atoms with Crippen molar-refractivity contribution in [2.45, 2.75) is 6.92 Å². The van der Waals surface area contributed by atoms with Crippen molar-refractivity contribution in [3.05, 3.63) is 70.4 Å². The number of carbonyl (C=O) groups excluding carboxylic acids is 1. The van der Waals surface area contributed by atoms with Crippen LogP contribution in [0.25, 0.3) is 27.8 Å². The van der Waals surface area contributed by atoms with Crippen LogP contribution in [0.15, 0.2) is 53.5 Å². The van der Waals surface area contributed by atoms with Gasteiger partial charge in [-0.2, -0.15) is 9.78 Å². The first-order valence-corrected chi connectivity index (χ1v) is 8.17. The number of hydrogen-bond acceptors (Lipinski definition) is 3. The van der Waals surface area contributed by atoms with Gasteiger partial charge in [-0.25, -0.2) is 4.39 Å². The predicted molar refractivity (Wildman–Crippen MR) is 96.3 cm³/mol. The van der Waals surface area contributed by atoms with E-state index in [9.17, 15) is 14.0 Å². The number of rotatable bonds is 3. The minimum Gasteiger partial charge on any atom is -0.358 e. The third kappa shape index (κ3) is 2.45. The van der Waals surface area contributed by atoms with Crippen LogP contribution in [0.4, 0.5) is 4.39 Å². The summed E-state index contributed by atoms with van der Waals surface area (Å²) in [6, 6.07) is 11.3. The molecule has 0 spiro atoms. The van der Waals surface area contributed by atoms with Crippen LogP contribution in [-0.4, -0.2) is 27.2 Å². The van der Waals surface area contributed by atoms with Crippen molar-refractivity contribution in [1.82, 2.24) is 20.1 Å². The molecular formula is C19H15FN4O2. The molecule has 26 heavy (non-hydrogen) atoms. The summed E-state index contributed by atoms with van der Waals surface area (Å²) in [4.78, 5) is 27.6. The highest BCUT2D eigenvalue weighted by molar-refractivity contribution is 5.95. The summed E-state index contributed by atoms with van der Waals surface area (Å²) in [5.74, 6) is -0.635. The van der Waals surface area contributed by atoms with Gasteiger partial charge in [-0.3, -0.25) is 9.59 Å². The molecule has 0 saturated heterocycles. The van der Waals surface area contributed by atoms with Crippen LogP contribution in [0, 0.1) is 5.82 Å². The zero-order valence-corrected chi connectivity index (χ0v) is 13.9. The van der Waals surface area contributed by atoms with Crippen LogP contribution < -0.4 is 10.9 Å². The largest absolute Gasteiger partial charge is 0.358 e. The van der Waals surface area contributed by atoms with E-state index >= 15 is 0 Å². The van der Waals surface area contributed by atoms with Gasteiger partial charge >= 0.3 is 0 Å². The van der Waals surface area contributed by atoms with Gasteiger partial charge in [0.1, 0.15) is 11.5 Å².